The first-order valence-electron chi connectivity index (χ1n) is 2.82. The van der Waals surface area contributed by atoms with E-state index in [0.29, 0.717) is 0 Å². The van der Waals surface area contributed by atoms with Crippen molar-refractivity contribution in [1.29, 1.82) is 0 Å². The second kappa shape index (κ2) is 4.85. The summed E-state index contributed by atoms with van der Waals surface area (Å²) < 4.78 is 4.99. The lowest BCUT2D eigenvalue weighted by atomic mass is 10.3. The molecule has 0 rings (SSSR count). The molecule has 0 aliphatic heterocycles. The van der Waals surface area contributed by atoms with E-state index in [1.807, 2.05) is 26.8 Å². The minimum Gasteiger partial charge on any atom is -0.372 e. The Kier molecular flexibility index (Phi) is 4.67. The number of hydrogen-bond donors (Lipinski definition) is 0. The maximum absolute atomic E-state index is 4.99. The van der Waals surface area contributed by atoms with Crippen LogP contribution in [-0.4, -0.2) is 6.61 Å². The number of ether oxygens (including phenoxy) is 1. The van der Waals surface area contributed by atoms with Gasteiger partial charge in [0.15, 0.2) is 0 Å². The van der Waals surface area contributed by atoms with Crippen molar-refractivity contribution in [3.63, 3.8) is 0 Å². The molecule has 0 saturated carbocycles. The molecule has 0 aromatic rings. The van der Waals surface area contributed by atoms with E-state index in [9.17, 15) is 0 Å². The Labute approximate surface area is 51.4 Å². The van der Waals surface area contributed by atoms with Crippen LogP contribution in [0.15, 0.2) is 11.6 Å². The van der Waals surface area contributed by atoms with Gasteiger partial charge < -0.3 is 4.74 Å². The summed E-state index contributed by atoms with van der Waals surface area (Å²) in [6, 6.07) is 0. The van der Waals surface area contributed by atoms with Crippen molar-refractivity contribution in [3.8, 4) is 0 Å². The molecule has 0 amide bonds. The van der Waals surface area contributed by atoms with E-state index in [-0.39, 0.29) is 0 Å². The molecule has 1 radical (unpaired) electrons. The van der Waals surface area contributed by atoms with Gasteiger partial charge in [0.2, 0.25) is 0 Å². The fourth-order valence-corrected chi connectivity index (χ4v) is 0.298. The van der Waals surface area contributed by atoms with Gasteiger partial charge in [0, 0.05) is 0 Å². The molecular formula is C7H13O. The summed E-state index contributed by atoms with van der Waals surface area (Å²) in [5.74, 6) is 0. The van der Waals surface area contributed by atoms with E-state index < -0.39 is 0 Å². The van der Waals surface area contributed by atoms with Crippen LogP contribution in [-0.2, 0) is 4.74 Å². The monoisotopic (exact) mass is 113 g/mol. The summed E-state index contributed by atoms with van der Waals surface area (Å²) in [6.45, 7) is 8.36. The summed E-state index contributed by atoms with van der Waals surface area (Å²) >= 11 is 0. The predicted molar refractivity (Wildman–Crippen MR) is 35.4 cm³/mol. The van der Waals surface area contributed by atoms with Crippen LogP contribution >= 0.6 is 0 Å². The Hall–Kier alpha value is -0.300. The van der Waals surface area contributed by atoms with E-state index >= 15 is 0 Å². The third-order valence-electron chi connectivity index (χ3n) is 0.970. The van der Waals surface area contributed by atoms with Crippen LogP contribution in [0.3, 0.4) is 0 Å². The van der Waals surface area contributed by atoms with Crippen molar-refractivity contribution < 1.29 is 4.74 Å². The summed E-state index contributed by atoms with van der Waals surface area (Å²) in [5, 5.41) is 0. The third kappa shape index (κ3) is 3.88. The van der Waals surface area contributed by atoms with Crippen molar-refractivity contribution in [2.45, 2.75) is 20.8 Å². The van der Waals surface area contributed by atoms with Crippen molar-refractivity contribution in [1.82, 2.24) is 0 Å². The first kappa shape index (κ1) is 7.70. The van der Waals surface area contributed by atoms with E-state index in [2.05, 4.69) is 0 Å². The molecule has 0 aromatic carbocycles. The van der Waals surface area contributed by atoms with Crippen molar-refractivity contribution in [3.05, 3.63) is 18.3 Å². The van der Waals surface area contributed by atoms with Gasteiger partial charge in [-0.2, -0.15) is 0 Å². The zero-order valence-corrected chi connectivity index (χ0v) is 5.77. The lowest BCUT2D eigenvalue weighted by Gasteiger charge is -1.97. The molecule has 0 N–H and O–H groups in total. The highest BCUT2D eigenvalue weighted by Crippen LogP contribution is 1.92. The fraction of sp³-hybridized carbons (Fsp3) is 0.571. The predicted octanol–water partition coefficient (Wildman–Crippen LogP) is 2.15. The topological polar surface area (TPSA) is 9.23 Å². The minimum absolute atomic E-state index is 0.729. The third-order valence-corrected chi connectivity index (χ3v) is 0.970. The van der Waals surface area contributed by atoms with Crippen molar-refractivity contribution in [2.24, 2.45) is 0 Å². The smallest absolute Gasteiger partial charge is 0.0810 e. The highest BCUT2D eigenvalue weighted by molar-refractivity contribution is 4.95. The van der Waals surface area contributed by atoms with E-state index in [4.69, 9.17) is 4.74 Å². The molecule has 0 atom stereocenters. The second-order valence-electron chi connectivity index (χ2n) is 1.68. The Balaban J connectivity index is 3.12. The molecule has 0 aromatic heterocycles. The molecule has 0 heterocycles. The molecule has 0 saturated heterocycles. The van der Waals surface area contributed by atoms with Gasteiger partial charge in [-0.1, -0.05) is 11.6 Å². The number of hydrogen-bond acceptors (Lipinski definition) is 1. The maximum atomic E-state index is 4.99. The molecule has 0 unspecified atom stereocenters. The lowest BCUT2D eigenvalue weighted by Crippen LogP contribution is -1.89. The highest BCUT2D eigenvalue weighted by Gasteiger charge is 1.83. The summed E-state index contributed by atoms with van der Waals surface area (Å²) in [6.07, 6.45) is 2.05. The van der Waals surface area contributed by atoms with Gasteiger partial charge in [0.25, 0.3) is 0 Å². The van der Waals surface area contributed by atoms with Gasteiger partial charge >= 0.3 is 0 Å². The first-order chi connectivity index (χ1) is 3.81. The van der Waals surface area contributed by atoms with Gasteiger partial charge in [-0.3, -0.25) is 0 Å². The molecule has 0 aliphatic carbocycles. The second-order valence-corrected chi connectivity index (χ2v) is 1.68. The Morgan fingerprint density at radius 2 is 2.12 bits per heavy atom. The normalized spacial score (nSPS) is 12.1. The van der Waals surface area contributed by atoms with Crippen molar-refractivity contribution >= 4 is 0 Å². The van der Waals surface area contributed by atoms with Crippen LogP contribution in [0.4, 0.5) is 0 Å². The molecular weight excluding hydrogens is 100 g/mol. The van der Waals surface area contributed by atoms with E-state index in [1.54, 1.807) is 6.61 Å². The van der Waals surface area contributed by atoms with Crippen molar-refractivity contribution in [2.75, 3.05) is 6.61 Å². The van der Waals surface area contributed by atoms with Gasteiger partial charge in [-0.15, -0.1) is 0 Å². The van der Waals surface area contributed by atoms with Gasteiger partial charge in [-0.25, -0.2) is 0 Å². The van der Waals surface area contributed by atoms with Crippen LogP contribution < -0.4 is 0 Å². The molecule has 1 nitrogen and oxygen atoms in total. The quantitative estimate of drug-likeness (QED) is 0.509. The Morgan fingerprint density at radius 3 is 2.50 bits per heavy atom. The number of rotatable bonds is 3. The van der Waals surface area contributed by atoms with Crippen LogP contribution in [0.2, 0.25) is 0 Å². The fourth-order valence-electron chi connectivity index (χ4n) is 0.298. The SMILES string of the molecule is C[CH]OCC(C)=CC. The average Bonchev–Trinajstić information content (AvgIpc) is 1.83. The molecule has 8 heavy (non-hydrogen) atoms. The molecule has 0 spiro atoms. The zero-order chi connectivity index (χ0) is 6.41. The summed E-state index contributed by atoms with van der Waals surface area (Å²) in [4.78, 5) is 0. The molecule has 0 bridgehead atoms. The maximum Gasteiger partial charge on any atom is 0.0810 e. The van der Waals surface area contributed by atoms with Gasteiger partial charge in [0.1, 0.15) is 0 Å². The van der Waals surface area contributed by atoms with Crippen LogP contribution in [0, 0.1) is 6.61 Å². The summed E-state index contributed by atoms with van der Waals surface area (Å²) in [5.41, 5.74) is 1.27. The van der Waals surface area contributed by atoms with E-state index in [1.165, 1.54) is 5.57 Å². The Morgan fingerprint density at radius 1 is 1.50 bits per heavy atom. The molecule has 0 fully saturated rings. The highest BCUT2D eigenvalue weighted by atomic mass is 16.5. The average molecular weight is 113 g/mol. The standard InChI is InChI=1S/C7H13O/c1-4-7(3)6-8-5-2/h4-5H,6H2,1-3H3. The summed E-state index contributed by atoms with van der Waals surface area (Å²) in [7, 11) is 0. The largest absolute Gasteiger partial charge is 0.372 e. The van der Waals surface area contributed by atoms with Crippen LogP contribution in [0.1, 0.15) is 20.8 Å². The van der Waals surface area contributed by atoms with Gasteiger partial charge in [0.05, 0.1) is 13.2 Å². The van der Waals surface area contributed by atoms with Crippen LogP contribution in [0.25, 0.3) is 0 Å². The lowest BCUT2D eigenvalue weighted by molar-refractivity contribution is 0.231. The van der Waals surface area contributed by atoms with E-state index in [0.717, 1.165) is 6.61 Å². The zero-order valence-electron chi connectivity index (χ0n) is 5.77. The number of allylic oxidation sites excluding steroid dienone is 1. The molecule has 47 valence electrons. The minimum atomic E-state index is 0.729. The van der Waals surface area contributed by atoms with Gasteiger partial charge in [-0.05, 0) is 20.8 Å². The molecule has 1 heteroatoms. The Bertz CT molecular complexity index is 74.5. The van der Waals surface area contributed by atoms with Crippen LogP contribution in [0.5, 0.6) is 0 Å². The molecule has 0 aliphatic rings. The first-order valence-corrected chi connectivity index (χ1v) is 2.82.